The predicted octanol–water partition coefficient (Wildman–Crippen LogP) is 4.55. The van der Waals surface area contributed by atoms with Gasteiger partial charge in [0.1, 0.15) is 0 Å². The normalized spacial score (nSPS) is 15.3. The number of carbonyl (C=O) groups is 1. The molecule has 1 aliphatic carbocycles. The minimum atomic E-state index is -0.287. The van der Waals surface area contributed by atoms with Crippen LogP contribution in [-0.4, -0.2) is 28.6 Å². The van der Waals surface area contributed by atoms with E-state index in [1.807, 2.05) is 25.1 Å². The Hall–Kier alpha value is -1.56. The van der Waals surface area contributed by atoms with Gasteiger partial charge in [-0.2, -0.15) is 0 Å². The third-order valence-electron chi connectivity index (χ3n) is 5.08. The molecule has 0 radical (unpaired) electrons. The van der Waals surface area contributed by atoms with Crippen LogP contribution < -0.4 is 5.73 Å². The quantitative estimate of drug-likeness (QED) is 0.680. The SMILES string of the molecule is CCOC(=O)c1cc(-c2ccncc2)[nH]c1CC(N)C1CCCCC1.Cl.Cl. The molecule has 3 N–H and O–H groups in total. The summed E-state index contributed by atoms with van der Waals surface area (Å²) >= 11 is 0. The van der Waals surface area contributed by atoms with Gasteiger partial charge in [-0.1, -0.05) is 19.3 Å². The van der Waals surface area contributed by atoms with E-state index in [1.54, 1.807) is 12.4 Å². The van der Waals surface area contributed by atoms with Gasteiger partial charge in [-0.25, -0.2) is 4.79 Å². The highest BCUT2D eigenvalue weighted by Crippen LogP contribution is 2.29. The second-order valence-corrected chi connectivity index (χ2v) is 6.80. The number of hydrogen-bond donors (Lipinski definition) is 2. The predicted molar refractivity (Wildman–Crippen MR) is 113 cm³/mol. The maximum atomic E-state index is 12.4. The maximum absolute atomic E-state index is 12.4. The molecule has 0 amide bonds. The van der Waals surface area contributed by atoms with E-state index in [9.17, 15) is 4.79 Å². The Bertz CT molecular complexity index is 701. The van der Waals surface area contributed by atoms with E-state index in [2.05, 4.69) is 9.97 Å². The molecule has 5 nitrogen and oxygen atoms in total. The molecule has 1 atom stereocenters. The third-order valence-corrected chi connectivity index (χ3v) is 5.08. The summed E-state index contributed by atoms with van der Waals surface area (Å²) < 4.78 is 5.23. The summed E-state index contributed by atoms with van der Waals surface area (Å²) in [7, 11) is 0. The zero-order valence-corrected chi connectivity index (χ0v) is 17.3. The topological polar surface area (TPSA) is 81.0 Å². The van der Waals surface area contributed by atoms with Gasteiger partial charge in [-0.3, -0.25) is 4.98 Å². The fourth-order valence-electron chi connectivity index (χ4n) is 3.70. The van der Waals surface area contributed by atoms with E-state index >= 15 is 0 Å². The zero-order valence-electron chi connectivity index (χ0n) is 15.6. The van der Waals surface area contributed by atoms with E-state index in [0.29, 0.717) is 24.5 Å². The van der Waals surface area contributed by atoms with Crippen LogP contribution in [-0.2, 0) is 11.2 Å². The molecule has 2 heterocycles. The molecule has 1 fully saturated rings. The standard InChI is InChI=1S/C20H27N3O2.2ClH/c1-2-25-20(24)16-12-18(15-8-10-22-11-9-15)23-19(16)13-17(21)14-6-4-3-5-7-14;;/h8-12,14,17,23H,2-7,13,21H2,1H3;2*1H. The van der Waals surface area contributed by atoms with Gasteiger partial charge in [-0.15, -0.1) is 24.8 Å². The average Bonchev–Trinajstić information content (AvgIpc) is 3.07. The number of rotatable bonds is 6. The lowest BCUT2D eigenvalue weighted by atomic mass is 9.82. The number of nitrogens with one attached hydrogen (secondary N) is 1. The van der Waals surface area contributed by atoms with Crippen molar-refractivity contribution in [2.45, 2.75) is 51.5 Å². The van der Waals surface area contributed by atoms with Crippen molar-refractivity contribution in [2.75, 3.05) is 6.61 Å². The monoisotopic (exact) mass is 413 g/mol. The molecule has 27 heavy (non-hydrogen) atoms. The number of hydrogen-bond acceptors (Lipinski definition) is 4. The second-order valence-electron chi connectivity index (χ2n) is 6.80. The first-order chi connectivity index (χ1) is 12.2. The van der Waals surface area contributed by atoms with Gasteiger partial charge in [0.15, 0.2) is 0 Å². The number of nitrogens with two attached hydrogens (primary N) is 1. The van der Waals surface area contributed by atoms with Crippen molar-refractivity contribution in [3.63, 3.8) is 0 Å². The first-order valence-corrected chi connectivity index (χ1v) is 9.24. The Balaban J connectivity index is 0.00000182. The minimum Gasteiger partial charge on any atom is -0.462 e. The molecule has 1 unspecified atom stereocenters. The molecule has 1 aliphatic rings. The lowest BCUT2D eigenvalue weighted by Crippen LogP contribution is -2.34. The summed E-state index contributed by atoms with van der Waals surface area (Å²) in [5.41, 5.74) is 9.86. The molecule has 2 aromatic heterocycles. The summed E-state index contributed by atoms with van der Waals surface area (Å²) in [6.45, 7) is 2.19. The van der Waals surface area contributed by atoms with Crippen LogP contribution in [0.4, 0.5) is 0 Å². The summed E-state index contributed by atoms with van der Waals surface area (Å²) in [4.78, 5) is 19.8. The van der Waals surface area contributed by atoms with Gasteiger partial charge < -0.3 is 15.5 Å². The molecule has 0 aliphatic heterocycles. The minimum absolute atomic E-state index is 0. The van der Waals surface area contributed by atoms with Crippen molar-refractivity contribution in [1.29, 1.82) is 0 Å². The van der Waals surface area contributed by atoms with Gasteiger partial charge in [0.2, 0.25) is 0 Å². The molecule has 0 bridgehead atoms. The number of aromatic amines is 1. The van der Waals surface area contributed by atoms with Crippen molar-refractivity contribution >= 4 is 30.8 Å². The van der Waals surface area contributed by atoms with Gasteiger partial charge in [0, 0.05) is 41.8 Å². The molecular formula is C20H29Cl2N3O2. The summed E-state index contributed by atoms with van der Waals surface area (Å²) in [6.07, 6.45) is 10.4. The van der Waals surface area contributed by atoms with Gasteiger partial charge in [0.05, 0.1) is 12.2 Å². The lowest BCUT2D eigenvalue weighted by molar-refractivity contribution is 0.0525. The van der Waals surface area contributed by atoms with E-state index in [0.717, 1.165) is 17.0 Å². The molecule has 0 aromatic carbocycles. The molecule has 0 saturated heterocycles. The molecule has 3 rings (SSSR count). The molecule has 150 valence electrons. The van der Waals surface area contributed by atoms with E-state index in [4.69, 9.17) is 10.5 Å². The Morgan fingerprint density at radius 1 is 1.26 bits per heavy atom. The van der Waals surface area contributed by atoms with Crippen molar-refractivity contribution in [1.82, 2.24) is 9.97 Å². The van der Waals surface area contributed by atoms with E-state index in [-0.39, 0.29) is 36.8 Å². The number of carbonyl (C=O) groups excluding carboxylic acids is 1. The number of ether oxygens (including phenoxy) is 1. The zero-order chi connectivity index (χ0) is 17.6. The van der Waals surface area contributed by atoms with Crippen molar-refractivity contribution < 1.29 is 9.53 Å². The van der Waals surface area contributed by atoms with Crippen LogP contribution in [0, 0.1) is 5.92 Å². The van der Waals surface area contributed by atoms with Crippen LogP contribution in [0.25, 0.3) is 11.3 Å². The number of pyridine rings is 1. The Morgan fingerprint density at radius 3 is 2.56 bits per heavy atom. The van der Waals surface area contributed by atoms with Crippen LogP contribution >= 0.6 is 24.8 Å². The van der Waals surface area contributed by atoms with Crippen LogP contribution in [0.1, 0.15) is 55.1 Å². The molecule has 0 spiro atoms. The second kappa shape index (κ2) is 11.3. The Labute approximate surface area is 173 Å². The van der Waals surface area contributed by atoms with Gasteiger partial charge in [0.25, 0.3) is 0 Å². The molecule has 2 aromatic rings. The van der Waals surface area contributed by atoms with E-state index < -0.39 is 0 Å². The summed E-state index contributed by atoms with van der Waals surface area (Å²) in [5.74, 6) is 0.251. The average molecular weight is 414 g/mol. The molecule has 7 heteroatoms. The summed E-state index contributed by atoms with van der Waals surface area (Å²) in [6, 6.07) is 5.78. The highest BCUT2D eigenvalue weighted by Gasteiger charge is 2.24. The van der Waals surface area contributed by atoms with Crippen LogP contribution in [0.5, 0.6) is 0 Å². The smallest absolute Gasteiger partial charge is 0.339 e. The van der Waals surface area contributed by atoms with Crippen molar-refractivity contribution in [3.8, 4) is 11.3 Å². The Morgan fingerprint density at radius 2 is 1.93 bits per heavy atom. The highest BCUT2D eigenvalue weighted by molar-refractivity contribution is 5.92. The van der Waals surface area contributed by atoms with Crippen molar-refractivity contribution in [3.05, 3.63) is 41.9 Å². The maximum Gasteiger partial charge on any atom is 0.339 e. The number of H-pyrrole nitrogens is 1. The van der Waals surface area contributed by atoms with Crippen LogP contribution in [0.3, 0.4) is 0 Å². The van der Waals surface area contributed by atoms with Crippen LogP contribution in [0.15, 0.2) is 30.6 Å². The molecular weight excluding hydrogens is 385 g/mol. The fraction of sp³-hybridized carbons (Fsp3) is 0.500. The van der Waals surface area contributed by atoms with Gasteiger partial charge in [-0.05, 0) is 43.9 Å². The fourth-order valence-corrected chi connectivity index (χ4v) is 3.70. The first kappa shape index (κ1) is 23.5. The largest absolute Gasteiger partial charge is 0.462 e. The highest BCUT2D eigenvalue weighted by atomic mass is 35.5. The lowest BCUT2D eigenvalue weighted by Gasteiger charge is -2.27. The third kappa shape index (κ3) is 5.96. The number of esters is 1. The van der Waals surface area contributed by atoms with Gasteiger partial charge >= 0.3 is 5.97 Å². The summed E-state index contributed by atoms with van der Waals surface area (Å²) in [5, 5.41) is 0. The number of halogens is 2. The number of aromatic nitrogens is 2. The van der Waals surface area contributed by atoms with Crippen molar-refractivity contribution in [2.24, 2.45) is 11.7 Å². The molecule has 1 saturated carbocycles. The number of nitrogens with zero attached hydrogens (tertiary/aromatic N) is 1. The first-order valence-electron chi connectivity index (χ1n) is 9.24. The van der Waals surface area contributed by atoms with Crippen LogP contribution in [0.2, 0.25) is 0 Å². The van der Waals surface area contributed by atoms with E-state index in [1.165, 1.54) is 32.1 Å². The Kier molecular flexibility index (Phi) is 9.84.